The van der Waals surface area contributed by atoms with Crippen LogP contribution in [0.5, 0.6) is 0 Å². The van der Waals surface area contributed by atoms with E-state index in [1.54, 1.807) is 17.9 Å². The zero-order chi connectivity index (χ0) is 7.28. The van der Waals surface area contributed by atoms with E-state index in [-0.39, 0.29) is 5.97 Å². The van der Waals surface area contributed by atoms with Crippen LogP contribution in [0, 0.1) is 0 Å². The highest BCUT2D eigenvalue weighted by Crippen LogP contribution is 1.99. The molecule has 52 valence electrons. The Hall–Kier alpha value is -0.0600. The molecular formula is C6H9IO2. The molecule has 0 atom stereocenters. The summed E-state index contributed by atoms with van der Waals surface area (Å²) < 4.78 is 6.39. The van der Waals surface area contributed by atoms with Crippen molar-refractivity contribution < 1.29 is 9.53 Å². The van der Waals surface area contributed by atoms with Crippen LogP contribution in [0.2, 0.25) is 0 Å². The lowest BCUT2D eigenvalue weighted by Gasteiger charge is -1.97. The zero-order valence-corrected chi connectivity index (χ0v) is 7.64. The second-order valence-corrected chi connectivity index (χ2v) is 2.14. The maximum atomic E-state index is 10.7. The van der Waals surface area contributed by atoms with Gasteiger partial charge in [0, 0.05) is 5.57 Å². The van der Waals surface area contributed by atoms with Crippen LogP contribution >= 0.6 is 22.6 Å². The third-order valence-electron chi connectivity index (χ3n) is 0.761. The van der Waals surface area contributed by atoms with Crippen molar-refractivity contribution in [3.63, 3.8) is 0 Å². The standard InChI is InChI=1S/C6H9IO2/c1-3-9-6(8)5(2)4-7/h4H,3H2,1-2H3. The molecular weight excluding hydrogens is 231 g/mol. The molecule has 0 aromatic rings. The average molecular weight is 240 g/mol. The van der Waals surface area contributed by atoms with Crippen molar-refractivity contribution in [2.45, 2.75) is 13.8 Å². The number of rotatable bonds is 2. The molecule has 0 aromatic carbocycles. The second kappa shape index (κ2) is 4.78. The molecule has 9 heavy (non-hydrogen) atoms. The Balaban J connectivity index is 3.74. The Kier molecular flexibility index (Phi) is 4.75. The summed E-state index contributed by atoms with van der Waals surface area (Å²) in [6.45, 7) is 3.96. The van der Waals surface area contributed by atoms with Crippen molar-refractivity contribution in [2.75, 3.05) is 6.61 Å². The topological polar surface area (TPSA) is 26.3 Å². The molecule has 0 saturated carbocycles. The molecule has 0 saturated heterocycles. The van der Waals surface area contributed by atoms with Gasteiger partial charge in [-0.05, 0) is 17.9 Å². The van der Waals surface area contributed by atoms with Gasteiger partial charge in [0.15, 0.2) is 0 Å². The average Bonchev–Trinajstić information content (AvgIpc) is 1.87. The van der Waals surface area contributed by atoms with Crippen molar-refractivity contribution in [2.24, 2.45) is 0 Å². The fourth-order valence-corrected chi connectivity index (χ4v) is 0.544. The van der Waals surface area contributed by atoms with E-state index in [4.69, 9.17) is 0 Å². The Morgan fingerprint density at radius 2 is 2.33 bits per heavy atom. The second-order valence-electron chi connectivity index (χ2n) is 1.51. The highest BCUT2D eigenvalue weighted by atomic mass is 127. The SMILES string of the molecule is CCOC(=O)C(C)=CI. The Bertz CT molecular complexity index is 129. The fraction of sp³-hybridized carbons (Fsp3) is 0.500. The van der Waals surface area contributed by atoms with Gasteiger partial charge in [0.05, 0.1) is 6.61 Å². The molecule has 0 spiro atoms. The summed E-state index contributed by atoms with van der Waals surface area (Å²) >= 11 is 2.01. The first-order valence-corrected chi connectivity index (χ1v) is 3.91. The van der Waals surface area contributed by atoms with Gasteiger partial charge in [-0.3, -0.25) is 0 Å². The largest absolute Gasteiger partial charge is 0.463 e. The Morgan fingerprint density at radius 1 is 1.78 bits per heavy atom. The molecule has 0 rings (SSSR count). The minimum absolute atomic E-state index is 0.230. The Labute approximate surface area is 68.4 Å². The number of carbonyl (C=O) groups is 1. The third-order valence-corrected chi connectivity index (χ3v) is 1.70. The molecule has 0 aromatic heterocycles. The van der Waals surface area contributed by atoms with Gasteiger partial charge in [0.25, 0.3) is 0 Å². The van der Waals surface area contributed by atoms with Gasteiger partial charge in [-0.25, -0.2) is 4.79 Å². The van der Waals surface area contributed by atoms with Gasteiger partial charge < -0.3 is 4.74 Å². The van der Waals surface area contributed by atoms with Crippen LogP contribution in [-0.4, -0.2) is 12.6 Å². The molecule has 0 aliphatic rings. The number of halogens is 1. The van der Waals surface area contributed by atoms with Gasteiger partial charge in [0.2, 0.25) is 0 Å². The molecule has 0 heterocycles. The van der Waals surface area contributed by atoms with Gasteiger partial charge in [0.1, 0.15) is 0 Å². The van der Waals surface area contributed by atoms with Crippen molar-refractivity contribution in [1.82, 2.24) is 0 Å². The number of ether oxygens (including phenoxy) is 1. The minimum atomic E-state index is -0.230. The number of esters is 1. The normalized spacial score (nSPS) is 11.2. The van der Waals surface area contributed by atoms with E-state index in [0.29, 0.717) is 12.2 Å². The van der Waals surface area contributed by atoms with E-state index in [1.165, 1.54) is 0 Å². The molecule has 0 bridgehead atoms. The maximum Gasteiger partial charge on any atom is 0.334 e. The molecule has 0 unspecified atom stereocenters. The van der Waals surface area contributed by atoms with Crippen molar-refractivity contribution in [3.05, 3.63) is 9.66 Å². The van der Waals surface area contributed by atoms with E-state index in [2.05, 4.69) is 4.74 Å². The van der Waals surface area contributed by atoms with Crippen LogP contribution in [0.1, 0.15) is 13.8 Å². The summed E-state index contributed by atoms with van der Waals surface area (Å²) in [6.07, 6.45) is 0. The van der Waals surface area contributed by atoms with E-state index in [1.807, 2.05) is 22.6 Å². The van der Waals surface area contributed by atoms with E-state index < -0.39 is 0 Å². The highest BCUT2D eigenvalue weighted by Gasteiger charge is 2.00. The summed E-state index contributed by atoms with van der Waals surface area (Å²) in [5.74, 6) is -0.230. The first-order chi connectivity index (χ1) is 4.22. The molecule has 0 aliphatic heterocycles. The number of hydrogen-bond donors (Lipinski definition) is 0. The third kappa shape index (κ3) is 3.51. The summed E-state index contributed by atoms with van der Waals surface area (Å²) in [4.78, 5) is 10.7. The van der Waals surface area contributed by atoms with Gasteiger partial charge in [-0.15, -0.1) is 0 Å². The Morgan fingerprint density at radius 3 is 2.67 bits per heavy atom. The van der Waals surface area contributed by atoms with E-state index >= 15 is 0 Å². The van der Waals surface area contributed by atoms with Crippen molar-refractivity contribution in [3.8, 4) is 0 Å². The van der Waals surface area contributed by atoms with Crippen LogP contribution in [0.4, 0.5) is 0 Å². The lowest BCUT2D eigenvalue weighted by Crippen LogP contribution is -2.03. The van der Waals surface area contributed by atoms with Crippen molar-refractivity contribution >= 4 is 28.6 Å². The lowest BCUT2D eigenvalue weighted by atomic mass is 10.4. The smallest absolute Gasteiger partial charge is 0.334 e. The summed E-state index contributed by atoms with van der Waals surface area (Å²) in [5.41, 5.74) is 0.650. The van der Waals surface area contributed by atoms with Gasteiger partial charge in [-0.1, -0.05) is 22.6 Å². The molecule has 0 amide bonds. The first-order valence-electron chi connectivity index (χ1n) is 2.66. The predicted octanol–water partition coefficient (Wildman–Crippen LogP) is 1.89. The van der Waals surface area contributed by atoms with Crippen LogP contribution in [-0.2, 0) is 9.53 Å². The van der Waals surface area contributed by atoms with Crippen LogP contribution < -0.4 is 0 Å². The molecule has 3 heteroatoms. The van der Waals surface area contributed by atoms with E-state index in [9.17, 15) is 4.79 Å². The highest BCUT2D eigenvalue weighted by molar-refractivity contribution is 14.1. The fourth-order valence-electron chi connectivity index (χ4n) is 0.289. The van der Waals surface area contributed by atoms with Crippen LogP contribution in [0.25, 0.3) is 0 Å². The van der Waals surface area contributed by atoms with E-state index in [0.717, 1.165) is 0 Å². The first kappa shape index (κ1) is 8.94. The zero-order valence-electron chi connectivity index (χ0n) is 5.48. The van der Waals surface area contributed by atoms with Crippen LogP contribution in [0.3, 0.4) is 0 Å². The maximum absolute atomic E-state index is 10.7. The molecule has 2 nitrogen and oxygen atoms in total. The molecule has 0 radical (unpaired) electrons. The van der Waals surface area contributed by atoms with Gasteiger partial charge >= 0.3 is 5.97 Å². The number of carbonyl (C=O) groups excluding carboxylic acids is 1. The summed E-state index contributed by atoms with van der Waals surface area (Å²) in [7, 11) is 0. The monoisotopic (exact) mass is 240 g/mol. The molecule has 0 aliphatic carbocycles. The summed E-state index contributed by atoms with van der Waals surface area (Å²) in [6, 6.07) is 0. The lowest BCUT2D eigenvalue weighted by molar-refractivity contribution is -0.138. The number of hydrogen-bond acceptors (Lipinski definition) is 2. The van der Waals surface area contributed by atoms with Gasteiger partial charge in [-0.2, -0.15) is 0 Å². The van der Waals surface area contributed by atoms with Crippen molar-refractivity contribution in [1.29, 1.82) is 0 Å². The molecule has 0 fully saturated rings. The predicted molar refractivity (Wildman–Crippen MR) is 44.4 cm³/mol. The molecule has 0 N–H and O–H groups in total. The van der Waals surface area contributed by atoms with Crippen LogP contribution in [0.15, 0.2) is 9.66 Å². The minimum Gasteiger partial charge on any atom is -0.463 e. The summed E-state index contributed by atoms with van der Waals surface area (Å²) in [5, 5.41) is 0. The quantitative estimate of drug-likeness (QED) is 0.418.